The molecule has 4 heterocycles. The van der Waals surface area contributed by atoms with Crippen LogP contribution in [0.1, 0.15) is 49.3 Å². The third-order valence-electron chi connectivity index (χ3n) is 7.93. The van der Waals surface area contributed by atoms with E-state index in [1.54, 1.807) is 0 Å². The average Bonchev–Trinajstić information content (AvgIpc) is 3.63. The predicted molar refractivity (Wildman–Crippen MR) is 160 cm³/mol. The number of fused-ring (bicyclic) bond motifs is 1. The molecule has 0 spiro atoms. The van der Waals surface area contributed by atoms with Crippen LogP contribution in [-0.4, -0.2) is 41.3 Å². The molecule has 0 radical (unpaired) electrons. The van der Waals surface area contributed by atoms with Crippen molar-refractivity contribution in [2.75, 3.05) is 46.2 Å². The van der Waals surface area contributed by atoms with Crippen molar-refractivity contribution in [1.29, 1.82) is 0 Å². The summed E-state index contributed by atoms with van der Waals surface area (Å²) in [6.45, 7) is 9.06. The minimum absolute atomic E-state index is 0.536. The van der Waals surface area contributed by atoms with Gasteiger partial charge >= 0.3 is 0 Å². The maximum Gasteiger partial charge on any atom is 0.232 e. The molecule has 1 atom stereocenters. The molecule has 38 heavy (non-hydrogen) atoms. The minimum atomic E-state index is 0.536. The fraction of sp³-hybridized carbons (Fsp3) is 0.433. The molecule has 0 bridgehead atoms. The molecule has 2 aromatic carbocycles. The standard InChI is InChI=1S/C30H37N7S/c1-22-7-6-16-36(19-22)27-17-28(37-20-24-8-2-3-9-25(24)21-37)33-29(32-27)34-30(38)31-18-23-10-12-26(13-11-23)35-14-4-5-15-35/h2-3,8-13,17,22H,4-7,14-16,18-21H2,1H3,(H2,31,32,33,34,38)/t22-/m1/s1. The van der Waals surface area contributed by atoms with Crippen LogP contribution in [0, 0.1) is 5.92 Å². The van der Waals surface area contributed by atoms with Crippen LogP contribution in [-0.2, 0) is 19.6 Å². The Morgan fingerprint density at radius 3 is 2.21 bits per heavy atom. The summed E-state index contributed by atoms with van der Waals surface area (Å²) in [6.07, 6.45) is 5.04. The van der Waals surface area contributed by atoms with E-state index in [9.17, 15) is 0 Å². The molecule has 198 valence electrons. The van der Waals surface area contributed by atoms with Gasteiger partial charge in [-0.25, -0.2) is 0 Å². The molecule has 3 aliphatic heterocycles. The van der Waals surface area contributed by atoms with E-state index in [2.05, 4.69) is 86.9 Å². The maximum absolute atomic E-state index is 5.66. The van der Waals surface area contributed by atoms with Crippen molar-refractivity contribution < 1.29 is 0 Å². The number of rotatable bonds is 6. The number of nitrogens with one attached hydrogen (secondary N) is 2. The lowest BCUT2D eigenvalue weighted by Gasteiger charge is -2.32. The van der Waals surface area contributed by atoms with E-state index in [1.807, 2.05) is 0 Å². The normalized spacial score (nSPS) is 19.0. The van der Waals surface area contributed by atoms with Crippen LogP contribution in [0.25, 0.3) is 0 Å². The van der Waals surface area contributed by atoms with Crippen LogP contribution in [0.3, 0.4) is 0 Å². The van der Waals surface area contributed by atoms with Crippen LogP contribution >= 0.6 is 12.2 Å². The highest BCUT2D eigenvalue weighted by molar-refractivity contribution is 7.80. The molecule has 8 heteroatoms. The van der Waals surface area contributed by atoms with Crippen LogP contribution in [0.15, 0.2) is 54.6 Å². The van der Waals surface area contributed by atoms with Gasteiger partial charge in [0.1, 0.15) is 11.6 Å². The number of hydrogen-bond acceptors (Lipinski definition) is 6. The van der Waals surface area contributed by atoms with Gasteiger partial charge in [-0.05, 0) is 72.6 Å². The summed E-state index contributed by atoms with van der Waals surface area (Å²) in [5.74, 6) is 3.12. The van der Waals surface area contributed by atoms with Gasteiger partial charge in [-0.1, -0.05) is 43.3 Å². The van der Waals surface area contributed by atoms with Crippen molar-refractivity contribution in [3.05, 3.63) is 71.3 Å². The van der Waals surface area contributed by atoms with Crippen LogP contribution < -0.4 is 25.3 Å². The van der Waals surface area contributed by atoms with Gasteiger partial charge < -0.3 is 25.3 Å². The van der Waals surface area contributed by atoms with Gasteiger partial charge in [0.15, 0.2) is 5.11 Å². The number of benzene rings is 2. The molecular formula is C30H37N7S. The molecule has 2 N–H and O–H groups in total. The molecule has 0 saturated carbocycles. The van der Waals surface area contributed by atoms with Crippen molar-refractivity contribution in [2.24, 2.45) is 5.92 Å². The third kappa shape index (κ3) is 5.70. The second-order valence-corrected chi connectivity index (χ2v) is 11.3. The van der Waals surface area contributed by atoms with E-state index in [-0.39, 0.29) is 0 Å². The number of aromatic nitrogens is 2. The largest absolute Gasteiger partial charge is 0.372 e. The number of piperidine rings is 1. The fourth-order valence-corrected chi connectivity index (χ4v) is 5.99. The summed E-state index contributed by atoms with van der Waals surface area (Å²) in [6, 6.07) is 19.6. The molecule has 3 aliphatic rings. The molecule has 0 unspecified atom stereocenters. The number of thiocarbonyl (C=S) groups is 1. The maximum atomic E-state index is 5.66. The van der Waals surface area contributed by atoms with Crippen molar-refractivity contribution in [1.82, 2.24) is 15.3 Å². The summed E-state index contributed by atoms with van der Waals surface area (Å²) in [7, 11) is 0. The zero-order valence-electron chi connectivity index (χ0n) is 22.2. The molecule has 7 nitrogen and oxygen atoms in total. The zero-order valence-corrected chi connectivity index (χ0v) is 23.0. The molecule has 2 saturated heterocycles. The van der Waals surface area contributed by atoms with Gasteiger partial charge in [-0.3, -0.25) is 0 Å². The molecule has 0 aliphatic carbocycles. The predicted octanol–water partition coefficient (Wildman–Crippen LogP) is 5.32. The molecule has 1 aromatic heterocycles. The Balaban J connectivity index is 1.15. The highest BCUT2D eigenvalue weighted by Crippen LogP contribution is 2.31. The Kier molecular flexibility index (Phi) is 7.31. The summed E-state index contributed by atoms with van der Waals surface area (Å²) >= 11 is 5.66. The summed E-state index contributed by atoms with van der Waals surface area (Å²) in [5, 5.41) is 7.16. The van der Waals surface area contributed by atoms with Crippen LogP contribution in [0.4, 0.5) is 23.3 Å². The lowest BCUT2D eigenvalue weighted by atomic mass is 10.0. The SMILES string of the molecule is C[C@@H]1CCCN(c2cc(N3Cc4ccccc4C3)nc(NC(=S)NCc3ccc(N4CCCC4)cc3)n2)C1. The smallest absolute Gasteiger partial charge is 0.232 e. The monoisotopic (exact) mass is 527 g/mol. The Morgan fingerprint density at radius 2 is 1.53 bits per heavy atom. The first kappa shape index (κ1) is 24.9. The molecule has 2 fully saturated rings. The van der Waals surface area contributed by atoms with Crippen molar-refractivity contribution in [3.63, 3.8) is 0 Å². The van der Waals surface area contributed by atoms with E-state index in [0.717, 1.165) is 50.9 Å². The van der Waals surface area contributed by atoms with Gasteiger partial charge in [-0.15, -0.1) is 0 Å². The molecular weight excluding hydrogens is 490 g/mol. The quantitative estimate of drug-likeness (QED) is 0.418. The molecule has 0 amide bonds. The van der Waals surface area contributed by atoms with Crippen LogP contribution in [0.5, 0.6) is 0 Å². The lowest BCUT2D eigenvalue weighted by molar-refractivity contribution is 0.444. The highest BCUT2D eigenvalue weighted by Gasteiger charge is 2.24. The lowest BCUT2D eigenvalue weighted by Crippen LogP contribution is -2.35. The van der Waals surface area contributed by atoms with E-state index < -0.39 is 0 Å². The van der Waals surface area contributed by atoms with E-state index in [1.165, 1.54) is 48.1 Å². The summed E-state index contributed by atoms with van der Waals surface area (Å²) in [4.78, 5) is 17.0. The third-order valence-corrected chi connectivity index (χ3v) is 8.18. The van der Waals surface area contributed by atoms with E-state index in [0.29, 0.717) is 23.5 Å². The second kappa shape index (κ2) is 11.2. The van der Waals surface area contributed by atoms with Crippen molar-refractivity contribution in [2.45, 2.75) is 52.2 Å². The zero-order chi connectivity index (χ0) is 25.9. The summed E-state index contributed by atoms with van der Waals surface area (Å²) < 4.78 is 0. The first-order valence-electron chi connectivity index (χ1n) is 14.0. The first-order valence-corrected chi connectivity index (χ1v) is 14.4. The fourth-order valence-electron chi connectivity index (χ4n) is 5.82. The highest BCUT2D eigenvalue weighted by atomic mass is 32.1. The average molecular weight is 528 g/mol. The Bertz CT molecular complexity index is 1250. The minimum Gasteiger partial charge on any atom is -0.372 e. The Morgan fingerprint density at radius 1 is 0.868 bits per heavy atom. The van der Waals surface area contributed by atoms with Gasteiger partial charge in [0.05, 0.1) is 0 Å². The number of hydrogen-bond donors (Lipinski definition) is 2. The molecule has 3 aromatic rings. The van der Waals surface area contributed by atoms with Crippen molar-refractivity contribution in [3.8, 4) is 0 Å². The van der Waals surface area contributed by atoms with Gasteiger partial charge in [-0.2, -0.15) is 9.97 Å². The second-order valence-electron chi connectivity index (χ2n) is 10.9. The number of anilines is 4. The Hall–Kier alpha value is -3.39. The number of nitrogens with zero attached hydrogens (tertiary/aromatic N) is 5. The van der Waals surface area contributed by atoms with Gasteiger partial charge in [0.25, 0.3) is 0 Å². The van der Waals surface area contributed by atoms with Crippen molar-refractivity contribution >= 4 is 40.6 Å². The first-order chi connectivity index (χ1) is 18.6. The van der Waals surface area contributed by atoms with Crippen LogP contribution in [0.2, 0.25) is 0 Å². The molecule has 6 rings (SSSR count). The van der Waals surface area contributed by atoms with E-state index in [4.69, 9.17) is 22.2 Å². The Labute approximate surface area is 231 Å². The van der Waals surface area contributed by atoms with Gasteiger partial charge in [0, 0.05) is 57.6 Å². The van der Waals surface area contributed by atoms with E-state index >= 15 is 0 Å². The van der Waals surface area contributed by atoms with Gasteiger partial charge in [0.2, 0.25) is 5.95 Å². The topological polar surface area (TPSA) is 59.6 Å². The summed E-state index contributed by atoms with van der Waals surface area (Å²) in [5.41, 5.74) is 5.23.